The number of amides is 1. The molecule has 1 amide bonds. The summed E-state index contributed by atoms with van der Waals surface area (Å²) < 4.78 is 7.03. The van der Waals surface area contributed by atoms with Gasteiger partial charge in [-0.2, -0.15) is 5.10 Å². The number of piperazine rings is 1. The van der Waals surface area contributed by atoms with E-state index in [2.05, 4.69) is 54.4 Å². The van der Waals surface area contributed by atoms with Crippen molar-refractivity contribution in [3.8, 4) is 5.88 Å². The first-order valence-corrected chi connectivity index (χ1v) is 11.3. The summed E-state index contributed by atoms with van der Waals surface area (Å²) in [5.74, 6) is 1.70. The fourth-order valence-electron chi connectivity index (χ4n) is 4.31. The number of nitrogens with zero attached hydrogens (tertiary/aromatic N) is 6. The predicted molar refractivity (Wildman–Crippen MR) is 131 cm³/mol. The highest BCUT2D eigenvalue weighted by atomic mass is 16.5. The number of nitrogens with one attached hydrogen (secondary N) is 1. The van der Waals surface area contributed by atoms with Crippen molar-refractivity contribution < 1.29 is 9.53 Å². The SMILES string of the molecule is COc1c2ccc(C(=O)Nc3cc(N4CCN(Cc5ccccc5)CC4)ncn3)cc2nn1C. The smallest absolute Gasteiger partial charge is 0.256 e. The zero-order chi connectivity index (χ0) is 23.5. The van der Waals surface area contributed by atoms with Gasteiger partial charge in [-0.05, 0) is 23.8 Å². The molecule has 1 aliphatic rings. The molecule has 2 aromatic carbocycles. The number of carbonyl (C=O) groups excluding carboxylic acids is 1. The normalized spacial score (nSPS) is 14.4. The minimum atomic E-state index is -0.246. The molecule has 0 aliphatic carbocycles. The molecule has 34 heavy (non-hydrogen) atoms. The molecule has 1 aliphatic heterocycles. The fraction of sp³-hybridized carbons (Fsp3) is 0.280. The molecule has 0 atom stereocenters. The second kappa shape index (κ2) is 9.48. The first-order chi connectivity index (χ1) is 16.6. The molecule has 5 rings (SSSR count). The lowest BCUT2D eigenvalue weighted by atomic mass is 10.1. The van der Waals surface area contributed by atoms with Crippen LogP contribution in [-0.2, 0) is 13.6 Å². The largest absolute Gasteiger partial charge is 0.481 e. The Bertz CT molecular complexity index is 1300. The summed E-state index contributed by atoms with van der Waals surface area (Å²) in [6.07, 6.45) is 1.49. The third-order valence-electron chi connectivity index (χ3n) is 6.07. The molecule has 3 heterocycles. The van der Waals surface area contributed by atoms with Crippen LogP contribution in [0.5, 0.6) is 5.88 Å². The van der Waals surface area contributed by atoms with E-state index in [0.717, 1.165) is 43.9 Å². The highest BCUT2D eigenvalue weighted by molar-refractivity contribution is 6.06. The molecule has 1 saturated heterocycles. The fourth-order valence-corrected chi connectivity index (χ4v) is 4.31. The Morgan fingerprint density at radius 3 is 2.59 bits per heavy atom. The van der Waals surface area contributed by atoms with Crippen molar-refractivity contribution in [1.29, 1.82) is 0 Å². The Labute approximate surface area is 198 Å². The summed E-state index contributed by atoms with van der Waals surface area (Å²) >= 11 is 0. The minimum Gasteiger partial charge on any atom is -0.481 e. The number of ether oxygens (including phenoxy) is 1. The van der Waals surface area contributed by atoms with Crippen LogP contribution < -0.4 is 15.0 Å². The van der Waals surface area contributed by atoms with Crippen LogP contribution in [0, 0.1) is 0 Å². The number of methoxy groups -OCH3 is 1. The van der Waals surface area contributed by atoms with Gasteiger partial charge in [0, 0.05) is 51.4 Å². The van der Waals surface area contributed by atoms with Crippen molar-refractivity contribution in [1.82, 2.24) is 24.6 Å². The number of benzene rings is 2. The predicted octanol–water partition coefficient (Wildman–Crippen LogP) is 2.95. The first kappa shape index (κ1) is 21.8. The Morgan fingerprint density at radius 2 is 1.82 bits per heavy atom. The van der Waals surface area contributed by atoms with Gasteiger partial charge < -0.3 is 15.0 Å². The Kier molecular flexibility index (Phi) is 6.09. The van der Waals surface area contributed by atoms with Gasteiger partial charge in [-0.1, -0.05) is 30.3 Å². The number of rotatable bonds is 6. The topological polar surface area (TPSA) is 88.4 Å². The number of hydrogen-bond donors (Lipinski definition) is 1. The van der Waals surface area contributed by atoms with Gasteiger partial charge in [-0.25, -0.2) is 14.6 Å². The van der Waals surface area contributed by atoms with Crippen LogP contribution >= 0.6 is 0 Å². The van der Waals surface area contributed by atoms with E-state index in [1.54, 1.807) is 23.9 Å². The molecule has 174 valence electrons. The molecular formula is C25H27N7O2. The van der Waals surface area contributed by atoms with Crippen LogP contribution in [0.2, 0.25) is 0 Å². The van der Waals surface area contributed by atoms with Crippen molar-refractivity contribution in [2.24, 2.45) is 7.05 Å². The lowest BCUT2D eigenvalue weighted by Crippen LogP contribution is -2.46. The monoisotopic (exact) mass is 457 g/mol. The van der Waals surface area contributed by atoms with Gasteiger partial charge in [-0.15, -0.1) is 0 Å². The Morgan fingerprint density at radius 1 is 1.03 bits per heavy atom. The molecular weight excluding hydrogens is 430 g/mol. The maximum absolute atomic E-state index is 12.9. The summed E-state index contributed by atoms with van der Waals surface area (Å²) in [6, 6.07) is 17.7. The quantitative estimate of drug-likeness (QED) is 0.476. The highest BCUT2D eigenvalue weighted by Gasteiger charge is 2.19. The molecule has 0 radical (unpaired) electrons. The maximum Gasteiger partial charge on any atom is 0.256 e. The second-order valence-electron chi connectivity index (χ2n) is 8.33. The van der Waals surface area contributed by atoms with Gasteiger partial charge in [0.1, 0.15) is 18.0 Å². The van der Waals surface area contributed by atoms with Crippen LogP contribution in [0.15, 0.2) is 60.9 Å². The molecule has 2 aromatic heterocycles. The molecule has 1 N–H and O–H groups in total. The number of aromatic nitrogens is 4. The molecule has 0 saturated carbocycles. The van der Waals surface area contributed by atoms with Gasteiger partial charge in [-0.3, -0.25) is 9.69 Å². The Balaban J connectivity index is 1.23. The van der Waals surface area contributed by atoms with Crippen molar-refractivity contribution in [3.05, 3.63) is 72.1 Å². The van der Waals surface area contributed by atoms with Gasteiger partial charge in [0.05, 0.1) is 18.0 Å². The number of anilines is 2. The zero-order valence-corrected chi connectivity index (χ0v) is 19.3. The van der Waals surface area contributed by atoms with Crippen molar-refractivity contribution >= 4 is 28.4 Å². The van der Waals surface area contributed by atoms with Crippen LogP contribution in [0.25, 0.3) is 10.9 Å². The molecule has 4 aromatic rings. The summed E-state index contributed by atoms with van der Waals surface area (Å²) in [7, 11) is 3.41. The Hall–Kier alpha value is -3.98. The van der Waals surface area contributed by atoms with E-state index in [1.165, 1.54) is 11.9 Å². The summed E-state index contributed by atoms with van der Waals surface area (Å²) in [5.41, 5.74) is 2.53. The summed E-state index contributed by atoms with van der Waals surface area (Å²) in [4.78, 5) is 26.2. The standard InChI is InChI=1S/C25H27N7O2/c1-30-25(34-2)20-9-8-19(14-21(20)29-30)24(33)28-22-15-23(27-17-26-22)32-12-10-31(11-13-32)16-18-6-4-3-5-7-18/h3-9,14-15,17H,10-13,16H2,1-2H3,(H,26,27,28,33). The van der Waals surface area contributed by atoms with E-state index in [1.807, 2.05) is 25.2 Å². The van der Waals surface area contributed by atoms with E-state index in [0.29, 0.717) is 22.8 Å². The van der Waals surface area contributed by atoms with Crippen molar-refractivity contribution in [3.63, 3.8) is 0 Å². The van der Waals surface area contributed by atoms with Gasteiger partial charge in [0.2, 0.25) is 5.88 Å². The lowest BCUT2D eigenvalue weighted by molar-refractivity contribution is 0.102. The number of hydrogen-bond acceptors (Lipinski definition) is 7. The average Bonchev–Trinajstić information content (AvgIpc) is 3.19. The molecule has 9 heteroatoms. The van der Waals surface area contributed by atoms with Gasteiger partial charge in [0.15, 0.2) is 0 Å². The maximum atomic E-state index is 12.9. The third-order valence-corrected chi connectivity index (χ3v) is 6.07. The number of carbonyl (C=O) groups is 1. The van der Waals surface area contributed by atoms with E-state index in [-0.39, 0.29) is 5.91 Å². The van der Waals surface area contributed by atoms with Crippen molar-refractivity contribution in [2.45, 2.75) is 6.54 Å². The van der Waals surface area contributed by atoms with Gasteiger partial charge in [0.25, 0.3) is 5.91 Å². The summed E-state index contributed by atoms with van der Waals surface area (Å²) in [6.45, 7) is 4.60. The van der Waals surface area contributed by atoms with Crippen molar-refractivity contribution in [2.75, 3.05) is 43.5 Å². The minimum absolute atomic E-state index is 0.246. The van der Waals surface area contributed by atoms with Gasteiger partial charge >= 0.3 is 0 Å². The number of fused-ring (bicyclic) bond motifs is 1. The van der Waals surface area contributed by atoms with E-state index >= 15 is 0 Å². The van der Waals surface area contributed by atoms with E-state index in [9.17, 15) is 4.79 Å². The number of aryl methyl sites for hydroxylation is 1. The van der Waals surface area contributed by atoms with Crippen LogP contribution in [0.1, 0.15) is 15.9 Å². The molecule has 0 unspecified atom stereocenters. The molecule has 1 fully saturated rings. The average molecular weight is 458 g/mol. The van der Waals surface area contributed by atoms with Crippen LogP contribution in [0.3, 0.4) is 0 Å². The van der Waals surface area contributed by atoms with Crippen LogP contribution in [-0.4, -0.2) is 63.8 Å². The summed E-state index contributed by atoms with van der Waals surface area (Å²) in [5, 5.41) is 8.16. The highest BCUT2D eigenvalue weighted by Crippen LogP contribution is 2.26. The molecule has 0 spiro atoms. The first-order valence-electron chi connectivity index (χ1n) is 11.3. The molecule has 0 bridgehead atoms. The lowest BCUT2D eigenvalue weighted by Gasteiger charge is -2.35. The zero-order valence-electron chi connectivity index (χ0n) is 19.3. The molecule has 9 nitrogen and oxygen atoms in total. The van der Waals surface area contributed by atoms with E-state index < -0.39 is 0 Å². The van der Waals surface area contributed by atoms with E-state index in [4.69, 9.17) is 4.74 Å². The third kappa shape index (κ3) is 4.55. The van der Waals surface area contributed by atoms with Crippen LogP contribution in [0.4, 0.5) is 11.6 Å². The second-order valence-corrected chi connectivity index (χ2v) is 8.33.